The lowest BCUT2D eigenvalue weighted by molar-refractivity contribution is -0.117. The molecule has 1 N–H and O–H groups in total. The van der Waals surface area contributed by atoms with Crippen LogP contribution in [0, 0.1) is 31.0 Å². The molecule has 0 unspecified atom stereocenters. The highest BCUT2D eigenvalue weighted by atomic mass is 19.1. The molecule has 2 aromatic carbocycles. The number of nitrogens with one attached hydrogen (secondary N) is 1. The van der Waals surface area contributed by atoms with Gasteiger partial charge in [-0.3, -0.25) is 14.3 Å². The molecule has 0 bridgehead atoms. The van der Waals surface area contributed by atoms with Crippen LogP contribution in [0.4, 0.5) is 10.2 Å². The first-order valence-corrected chi connectivity index (χ1v) is 10.6. The van der Waals surface area contributed by atoms with E-state index in [0.29, 0.717) is 41.7 Å². The average Bonchev–Trinajstić information content (AvgIpc) is 3.03. The van der Waals surface area contributed by atoms with Gasteiger partial charge in [-0.15, -0.1) is 0 Å². The average molecular weight is 448 g/mol. The number of para-hydroxylation sites is 2. The highest BCUT2D eigenvalue weighted by Gasteiger charge is 2.24. The minimum atomic E-state index is -0.357. The predicted octanol–water partition coefficient (Wildman–Crippen LogP) is 3.82. The van der Waals surface area contributed by atoms with Crippen LogP contribution in [0.1, 0.15) is 16.8 Å². The largest absolute Gasteiger partial charge is 0.486 e. The molecule has 170 valence electrons. The summed E-state index contributed by atoms with van der Waals surface area (Å²) in [6.45, 7) is 4.67. The highest BCUT2D eigenvalue weighted by Crippen LogP contribution is 2.31. The molecule has 8 heteroatoms. The van der Waals surface area contributed by atoms with Crippen LogP contribution < -0.4 is 14.8 Å². The number of hydrogen-bond acceptors (Lipinski definition) is 5. The molecule has 7 nitrogen and oxygen atoms in total. The summed E-state index contributed by atoms with van der Waals surface area (Å²) in [6.07, 6.45) is -0.208. The number of hydrogen-bond donors (Lipinski definition) is 1. The fourth-order valence-corrected chi connectivity index (χ4v) is 3.96. The van der Waals surface area contributed by atoms with Crippen LogP contribution in [0.3, 0.4) is 0 Å². The van der Waals surface area contributed by atoms with Gasteiger partial charge < -0.3 is 14.8 Å². The normalized spacial score (nSPS) is 14.7. The van der Waals surface area contributed by atoms with E-state index in [4.69, 9.17) is 9.47 Å². The molecule has 1 aromatic heterocycles. The zero-order chi connectivity index (χ0) is 23.5. The molecule has 0 aliphatic carbocycles. The molecule has 0 saturated carbocycles. The molecule has 0 saturated heterocycles. The van der Waals surface area contributed by atoms with E-state index >= 15 is 0 Å². The van der Waals surface area contributed by atoms with Gasteiger partial charge in [0.1, 0.15) is 30.4 Å². The Labute approximate surface area is 191 Å². The summed E-state index contributed by atoms with van der Waals surface area (Å²) in [5.41, 5.74) is 2.60. The Balaban J connectivity index is 1.47. The van der Waals surface area contributed by atoms with Crippen LogP contribution in [-0.4, -0.2) is 48.2 Å². The molecule has 1 amide bonds. The number of fused-ring (bicyclic) bond motifs is 1. The zero-order valence-corrected chi connectivity index (χ0v) is 18.8. The Kier molecular flexibility index (Phi) is 6.33. The number of nitriles is 1. The Bertz CT molecular complexity index is 1210. The zero-order valence-electron chi connectivity index (χ0n) is 18.8. The summed E-state index contributed by atoms with van der Waals surface area (Å²) >= 11 is 0. The van der Waals surface area contributed by atoms with Gasteiger partial charge in [-0.25, -0.2) is 4.39 Å². The van der Waals surface area contributed by atoms with Gasteiger partial charge in [-0.2, -0.15) is 5.26 Å². The maximum Gasteiger partial charge on any atom is 0.239 e. The van der Waals surface area contributed by atoms with E-state index in [2.05, 4.69) is 11.4 Å². The van der Waals surface area contributed by atoms with Crippen LogP contribution in [0.25, 0.3) is 5.69 Å². The van der Waals surface area contributed by atoms with Crippen LogP contribution in [-0.2, 0) is 4.79 Å². The van der Waals surface area contributed by atoms with Crippen molar-refractivity contribution in [1.29, 1.82) is 5.26 Å². The third kappa shape index (κ3) is 4.69. The summed E-state index contributed by atoms with van der Waals surface area (Å²) in [5, 5.41) is 12.6. The van der Waals surface area contributed by atoms with Crippen LogP contribution >= 0.6 is 0 Å². The molecule has 33 heavy (non-hydrogen) atoms. The van der Waals surface area contributed by atoms with Crippen molar-refractivity contribution < 1.29 is 18.7 Å². The molecule has 0 fully saturated rings. The first-order valence-electron chi connectivity index (χ1n) is 10.6. The Morgan fingerprint density at radius 2 is 1.91 bits per heavy atom. The van der Waals surface area contributed by atoms with E-state index in [1.807, 2.05) is 50.1 Å². The van der Waals surface area contributed by atoms with Crippen molar-refractivity contribution in [2.45, 2.75) is 20.0 Å². The van der Waals surface area contributed by atoms with Gasteiger partial charge in [-0.05, 0) is 62.9 Å². The lowest BCUT2D eigenvalue weighted by atomic mass is 10.2. The van der Waals surface area contributed by atoms with Gasteiger partial charge in [0.25, 0.3) is 0 Å². The summed E-state index contributed by atoms with van der Waals surface area (Å²) in [5.74, 6) is 1.15. The Hall–Kier alpha value is -3.83. The minimum Gasteiger partial charge on any atom is -0.486 e. The van der Waals surface area contributed by atoms with Crippen LogP contribution in [0.2, 0.25) is 0 Å². The second-order valence-electron chi connectivity index (χ2n) is 8.10. The smallest absolute Gasteiger partial charge is 0.239 e. The second kappa shape index (κ2) is 9.35. The third-order valence-corrected chi connectivity index (χ3v) is 5.66. The molecule has 0 spiro atoms. The molecule has 1 aliphatic rings. The van der Waals surface area contributed by atoms with Gasteiger partial charge >= 0.3 is 0 Å². The first kappa shape index (κ1) is 22.4. The second-order valence-corrected chi connectivity index (χ2v) is 8.10. The number of aromatic nitrogens is 1. The summed E-state index contributed by atoms with van der Waals surface area (Å²) in [6, 6.07) is 15.6. The number of amides is 1. The molecular weight excluding hydrogens is 423 g/mol. The third-order valence-electron chi connectivity index (χ3n) is 5.66. The van der Waals surface area contributed by atoms with Gasteiger partial charge in [0.15, 0.2) is 11.5 Å². The molecule has 1 aliphatic heterocycles. The monoisotopic (exact) mass is 448 g/mol. The number of likely N-dealkylation sites (N-methyl/N-ethyl adjacent to an activating group) is 1. The Morgan fingerprint density at radius 3 is 2.61 bits per heavy atom. The fourth-order valence-electron chi connectivity index (χ4n) is 3.96. The molecule has 4 rings (SSSR count). The van der Waals surface area contributed by atoms with E-state index in [1.165, 1.54) is 12.1 Å². The van der Waals surface area contributed by atoms with Gasteiger partial charge in [0, 0.05) is 17.9 Å². The Morgan fingerprint density at radius 1 is 1.21 bits per heavy atom. The van der Waals surface area contributed by atoms with Gasteiger partial charge in [0.05, 0.1) is 12.1 Å². The number of anilines is 1. The predicted molar refractivity (Wildman–Crippen MR) is 122 cm³/mol. The van der Waals surface area contributed by atoms with Crippen LogP contribution in [0.5, 0.6) is 11.5 Å². The number of rotatable bonds is 6. The summed E-state index contributed by atoms with van der Waals surface area (Å²) in [4.78, 5) is 14.7. The van der Waals surface area contributed by atoms with Crippen LogP contribution in [0.15, 0.2) is 48.5 Å². The van der Waals surface area contributed by atoms with Crippen molar-refractivity contribution in [3.63, 3.8) is 0 Å². The van der Waals surface area contributed by atoms with E-state index < -0.39 is 0 Å². The first-order chi connectivity index (χ1) is 15.9. The summed E-state index contributed by atoms with van der Waals surface area (Å²) < 4.78 is 26.9. The number of carbonyl (C=O) groups excluding carboxylic acids is 1. The quantitative estimate of drug-likeness (QED) is 0.620. The van der Waals surface area contributed by atoms with E-state index in [1.54, 1.807) is 16.7 Å². The summed E-state index contributed by atoms with van der Waals surface area (Å²) in [7, 11) is 1.82. The lowest BCUT2D eigenvalue weighted by Gasteiger charge is -2.29. The number of nitrogens with zero attached hydrogens (tertiary/aromatic N) is 3. The van der Waals surface area contributed by atoms with Crippen molar-refractivity contribution >= 4 is 11.7 Å². The van der Waals surface area contributed by atoms with Gasteiger partial charge in [0.2, 0.25) is 5.91 Å². The van der Waals surface area contributed by atoms with Crippen molar-refractivity contribution in [2.24, 2.45) is 0 Å². The fraction of sp³-hybridized carbons (Fsp3) is 0.280. The van der Waals surface area contributed by atoms with E-state index in [9.17, 15) is 14.4 Å². The van der Waals surface area contributed by atoms with Gasteiger partial charge in [-0.1, -0.05) is 12.1 Å². The maximum atomic E-state index is 13.4. The molecular formula is C25H25FN4O3. The van der Waals surface area contributed by atoms with Crippen molar-refractivity contribution in [3.05, 3.63) is 71.2 Å². The number of benzene rings is 2. The SMILES string of the molecule is Cc1c(C#N)c(NC(=O)CN(C)C[C@@H]2COc3ccccc3O2)n(-c2ccc(F)cc2)c1C. The van der Waals surface area contributed by atoms with E-state index in [-0.39, 0.29) is 24.4 Å². The van der Waals surface area contributed by atoms with Crippen molar-refractivity contribution in [3.8, 4) is 23.3 Å². The number of ether oxygens (including phenoxy) is 2. The molecule has 0 radical (unpaired) electrons. The maximum absolute atomic E-state index is 13.4. The van der Waals surface area contributed by atoms with Crippen molar-refractivity contribution in [2.75, 3.05) is 32.1 Å². The molecule has 2 heterocycles. The highest BCUT2D eigenvalue weighted by molar-refractivity contribution is 5.93. The standard InChI is InChI=1S/C25H25FN4O3/c1-16-17(2)30(19-10-8-18(26)9-11-19)25(21(16)12-27)28-24(31)14-29(3)13-20-15-32-22-6-4-5-7-23(22)33-20/h4-11,20H,13-15H2,1-3H3,(H,28,31)/t20-/m1/s1. The van der Waals surface area contributed by atoms with Crippen molar-refractivity contribution in [1.82, 2.24) is 9.47 Å². The number of halogens is 1. The lowest BCUT2D eigenvalue weighted by Crippen LogP contribution is -2.42. The molecule has 1 atom stereocenters. The van der Waals surface area contributed by atoms with E-state index in [0.717, 1.165) is 11.3 Å². The minimum absolute atomic E-state index is 0.0963. The number of carbonyl (C=O) groups is 1. The topological polar surface area (TPSA) is 79.5 Å². The molecule has 3 aromatic rings.